The molecule has 0 heterocycles. The van der Waals surface area contributed by atoms with E-state index in [1.165, 1.54) is 0 Å². The number of hydrogen-bond acceptors (Lipinski definition) is 16. The van der Waals surface area contributed by atoms with Gasteiger partial charge in [0.2, 0.25) is 0 Å². The fraction of sp³-hybridized carbons (Fsp3) is 0.775. The normalized spacial score (nSPS) is 13.4. The highest BCUT2D eigenvalue weighted by atomic mass is 16.5. The molecule has 96 heavy (non-hydrogen) atoms. The maximum atomic E-state index is 12.1. The molecule has 0 aromatic carbocycles. The lowest BCUT2D eigenvalue weighted by molar-refractivity contribution is -0.122. The highest BCUT2D eigenvalue weighted by Gasteiger charge is 2.28. The van der Waals surface area contributed by atoms with Gasteiger partial charge in [-0.3, -0.25) is 28.8 Å². The van der Waals surface area contributed by atoms with Crippen molar-refractivity contribution in [3.8, 4) is 0 Å². The predicted octanol–water partition coefficient (Wildman–Crippen LogP) is 15.7. The maximum Gasteiger partial charge on any atom is 0.162 e. The Hall–Kier alpha value is -4.90. The summed E-state index contributed by atoms with van der Waals surface area (Å²) >= 11 is 0. The molecule has 0 amide bonds. The van der Waals surface area contributed by atoms with Crippen LogP contribution >= 0.6 is 0 Å². The highest BCUT2D eigenvalue weighted by molar-refractivity contribution is 5.96. The Bertz CT molecular complexity index is 2410. The largest absolute Gasteiger partial charge is 0.388 e. The van der Waals surface area contributed by atoms with E-state index in [9.17, 15) is 28.8 Å². The van der Waals surface area contributed by atoms with Crippen molar-refractivity contribution in [2.24, 2.45) is 43.3 Å². The van der Waals surface area contributed by atoms with Crippen molar-refractivity contribution in [2.45, 2.75) is 260 Å². The van der Waals surface area contributed by atoms with Crippen molar-refractivity contribution in [3.05, 3.63) is 70.6 Å². The highest BCUT2D eigenvalue weighted by Crippen LogP contribution is 2.29. The maximum absolute atomic E-state index is 12.1. The number of hydrogen-bond donors (Lipinski definition) is 6. The number of likely N-dealkylation sites (N-methyl/N-ethyl adjacent to an activating group) is 2. The topological polar surface area (TPSA) is 194 Å². The van der Waals surface area contributed by atoms with Crippen molar-refractivity contribution in [3.63, 3.8) is 0 Å². The molecule has 0 aromatic heterocycles. The van der Waals surface area contributed by atoms with Gasteiger partial charge in [0.1, 0.15) is 0 Å². The Morgan fingerprint density at radius 3 is 0.875 bits per heavy atom. The van der Waals surface area contributed by atoms with Crippen LogP contribution < -0.4 is 31.9 Å². The number of rotatable bonds is 30. The zero-order valence-electron chi connectivity index (χ0n) is 70.1. The van der Waals surface area contributed by atoms with E-state index in [1.807, 2.05) is 111 Å². The lowest BCUT2D eigenvalue weighted by atomic mass is 9.85. The summed E-state index contributed by atoms with van der Waals surface area (Å²) in [5, 5.41) is 19.9. The summed E-state index contributed by atoms with van der Waals surface area (Å²) in [5.41, 5.74) is 4.61. The molecule has 0 atom stereocenters. The second-order valence-electron chi connectivity index (χ2n) is 34.9. The van der Waals surface area contributed by atoms with Gasteiger partial charge >= 0.3 is 0 Å². The van der Waals surface area contributed by atoms with Gasteiger partial charge in [0.05, 0.1) is 0 Å². The van der Waals surface area contributed by atoms with Crippen LogP contribution in [0.5, 0.6) is 0 Å². The van der Waals surface area contributed by atoms with Gasteiger partial charge in [0.15, 0.2) is 34.7 Å². The van der Waals surface area contributed by atoms with Gasteiger partial charge in [0, 0.05) is 167 Å². The lowest BCUT2D eigenvalue weighted by Gasteiger charge is -2.26. The van der Waals surface area contributed by atoms with Gasteiger partial charge in [-0.1, -0.05) is 187 Å². The van der Waals surface area contributed by atoms with Crippen LogP contribution in [0.4, 0.5) is 0 Å². The molecule has 16 heteroatoms. The molecule has 16 nitrogen and oxygen atoms in total. The number of nitrogens with zero attached hydrogens (tertiary/aromatic N) is 3. The summed E-state index contributed by atoms with van der Waals surface area (Å²) in [7, 11) is 9.93. The van der Waals surface area contributed by atoms with Gasteiger partial charge in [-0.25, -0.2) is 0 Å². The molecule has 0 fully saturated rings. The standard InChI is InChI=1S/C16H32N2O.C15H30N2O.C15H29NO2.C14H27NO.C11H22N2O.C9H17NO/c1-15(2,3)13(12-14(19)16(4,5)6)17-10-9-11-18(7)8;1-14(2,3)12(16-9-10-17(7)8)11-13(18)15(4,5)6;1-14(2,3)12(16-9-8-10-18-7)11-13(17)15(4,5)6;1-8-9-15-11(13(2,3)4)10-12(16)14(5,6)7;1-5-13(6-2)8-7-12-10(3)9-11(4)14;1-7(6-8(2)11)10-9(3,4)5/h12,17H,9-11H2,1-8H3;11,16H,9-10H2,1-8H3;11,16H,8-10H2,1-7H3;10,15H,8-9H2,1-7H3;9,12H,5-8H2,1-4H3;6,10H,1-5H3/b13-12-;2*12-11-;11-10-;10-9-;7-6-. The first-order chi connectivity index (χ1) is 43.0. The van der Waals surface area contributed by atoms with E-state index in [1.54, 1.807) is 57.4 Å². The molecule has 0 aromatic rings. The first-order valence-corrected chi connectivity index (χ1v) is 35.4. The van der Waals surface area contributed by atoms with Gasteiger partial charge in [-0.05, 0) is 128 Å². The first kappa shape index (κ1) is 102. The Labute approximate surface area is 593 Å². The third-order valence-electron chi connectivity index (χ3n) is 13.8. The van der Waals surface area contributed by atoms with E-state index in [0.29, 0.717) is 0 Å². The van der Waals surface area contributed by atoms with Crippen LogP contribution in [0, 0.1) is 43.3 Å². The van der Waals surface area contributed by atoms with E-state index < -0.39 is 0 Å². The van der Waals surface area contributed by atoms with Crippen LogP contribution in [0.2, 0.25) is 0 Å². The monoisotopic (exact) mass is 1360 g/mol. The molecule has 0 saturated heterocycles. The first-order valence-electron chi connectivity index (χ1n) is 35.4. The molecule has 0 bridgehead atoms. The van der Waals surface area contributed by atoms with Gasteiger partial charge in [-0.2, -0.15) is 0 Å². The van der Waals surface area contributed by atoms with Crippen molar-refractivity contribution in [1.82, 2.24) is 46.6 Å². The molecule has 0 radical (unpaired) electrons. The smallest absolute Gasteiger partial charge is 0.162 e. The molecule has 0 aliphatic heterocycles. The van der Waals surface area contributed by atoms with Gasteiger partial charge in [0.25, 0.3) is 0 Å². The van der Waals surface area contributed by atoms with Crippen LogP contribution in [0.3, 0.4) is 0 Å². The second-order valence-corrected chi connectivity index (χ2v) is 34.9. The summed E-state index contributed by atoms with van der Waals surface area (Å²) < 4.78 is 5.02. The van der Waals surface area contributed by atoms with Crippen molar-refractivity contribution in [1.29, 1.82) is 0 Å². The average Bonchev–Trinajstić information content (AvgIpc) is 0.883. The van der Waals surface area contributed by atoms with Crippen molar-refractivity contribution < 1.29 is 33.5 Å². The quantitative estimate of drug-likeness (QED) is 0.0294. The summed E-state index contributed by atoms with van der Waals surface area (Å²) in [6.07, 6.45) is 13.4. The lowest BCUT2D eigenvalue weighted by Crippen LogP contribution is -2.34. The third kappa shape index (κ3) is 62.6. The minimum atomic E-state index is -0.329. The number of carbonyl (C=O) groups excluding carboxylic acids is 6. The minimum absolute atomic E-state index is 0.00389. The van der Waals surface area contributed by atoms with Crippen LogP contribution in [-0.4, -0.2) is 162 Å². The summed E-state index contributed by atoms with van der Waals surface area (Å²) in [6, 6.07) is 0. The zero-order valence-corrected chi connectivity index (χ0v) is 70.1. The van der Waals surface area contributed by atoms with E-state index in [0.717, 1.165) is 125 Å². The fourth-order valence-corrected chi connectivity index (χ4v) is 7.49. The van der Waals surface area contributed by atoms with E-state index >= 15 is 0 Å². The van der Waals surface area contributed by atoms with Crippen molar-refractivity contribution in [2.75, 3.05) is 107 Å². The van der Waals surface area contributed by atoms with Crippen LogP contribution in [0.25, 0.3) is 0 Å². The third-order valence-corrected chi connectivity index (χ3v) is 13.8. The molecule has 0 rings (SSSR count). The summed E-state index contributed by atoms with van der Waals surface area (Å²) in [6.45, 7) is 78.7. The molecule has 0 unspecified atom stereocenters. The molecule has 0 spiro atoms. The summed E-state index contributed by atoms with van der Waals surface area (Å²) in [4.78, 5) is 76.3. The molecule has 0 aliphatic carbocycles. The van der Waals surface area contributed by atoms with E-state index in [-0.39, 0.29) is 83.6 Å². The number of carbonyl (C=O) groups is 6. The molecular weight excluding hydrogens is 1200 g/mol. The molecular formula is C80H157N9O7. The Kier molecular flexibility index (Phi) is 51.9. The molecule has 0 saturated carbocycles. The molecule has 6 N–H and O–H groups in total. The van der Waals surface area contributed by atoms with Gasteiger partial charge < -0.3 is 51.3 Å². The number of ether oxygens (including phenoxy) is 1. The Morgan fingerprint density at radius 1 is 0.344 bits per heavy atom. The predicted molar refractivity (Wildman–Crippen MR) is 416 cm³/mol. The minimum Gasteiger partial charge on any atom is -0.388 e. The molecule has 0 aliphatic rings. The van der Waals surface area contributed by atoms with E-state index in [2.05, 4.69) is 185 Å². The fourth-order valence-electron chi connectivity index (χ4n) is 7.49. The number of allylic oxidation sites excluding steroid dienone is 12. The van der Waals surface area contributed by atoms with Gasteiger partial charge in [-0.15, -0.1) is 0 Å². The molecule has 564 valence electrons. The Balaban J connectivity index is -0.000000255. The average molecular weight is 1360 g/mol. The van der Waals surface area contributed by atoms with E-state index in [4.69, 9.17) is 4.74 Å². The zero-order chi connectivity index (χ0) is 77.3. The van der Waals surface area contributed by atoms with Crippen LogP contribution in [0.1, 0.15) is 255 Å². The van der Waals surface area contributed by atoms with Crippen LogP contribution in [-0.2, 0) is 33.5 Å². The number of methoxy groups -OCH3 is 1. The Morgan fingerprint density at radius 2 is 0.625 bits per heavy atom. The SMILES string of the molecule is CC(=O)/C=C(/C)NC(C)(C)C.CCCN/C(=C\C(=O)C(C)(C)C)C(C)(C)C.CCN(CC)CCN/C(C)=C\C(C)=O.CN(C)CCCN/C(=C\C(=O)C(C)(C)C)C(C)(C)C.CN(C)CCN/C(=C\C(=O)C(C)(C)C)C(C)(C)C.COCCCN/C(=C\C(=O)C(C)(C)C)C(C)(C)C. The number of nitrogens with one attached hydrogen (secondary N) is 6. The second kappa shape index (κ2) is 48.8. The van der Waals surface area contributed by atoms with Crippen LogP contribution in [0.15, 0.2) is 70.6 Å². The number of ketones is 6. The van der Waals surface area contributed by atoms with Crippen molar-refractivity contribution >= 4 is 34.7 Å². The summed E-state index contributed by atoms with van der Waals surface area (Å²) in [5.74, 6) is 0.868.